The molecule has 0 radical (unpaired) electrons. The van der Waals surface area contributed by atoms with Gasteiger partial charge in [-0.1, -0.05) is 6.42 Å². The first-order chi connectivity index (χ1) is 11.2. The van der Waals surface area contributed by atoms with Gasteiger partial charge in [-0.2, -0.15) is 15.4 Å². The second-order valence-electron chi connectivity index (χ2n) is 6.47. The first kappa shape index (κ1) is 14.6. The Morgan fingerprint density at radius 2 is 1.91 bits per heavy atom. The highest BCUT2D eigenvalue weighted by Crippen LogP contribution is 2.23. The average molecular weight is 315 g/mol. The van der Waals surface area contributed by atoms with Gasteiger partial charge in [-0.25, -0.2) is 0 Å². The second kappa shape index (κ2) is 5.90. The summed E-state index contributed by atoms with van der Waals surface area (Å²) in [5.74, 6) is -0.0477. The summed E-state index contributed by atoms with van der Waals surface area (Å²) in [6, 6.07) is 5.38. The maximum atomic E-state index is 12.7. The first-order valence-corrected chi connectivity index (χ1v) is 8.24. The van der Waals surface area contributed by atoms with Crippen molar-refractivity contribution < 1.29 is 9.90 Å². The number of aliphatic hydroxyl groups excluding tert-OH is 1. The SMILES string of the molecule is O=C(c1ccc2n[nH]nc2c1)N1C[C@@H](O)[C@H](N2CCCCC2)C1. The van der Waals surface area contributed by atoms with Crippen LogP contribution in [0.25, 0.3) is 11.0 Å². The van der Waals surface area contributed by atoms with Gasteiger partial charge in [0.1, 0.15) is 11.0 Å². The maximum absolute atomic E-state index is 12.7. The predicted molar refractivity (Wildman–Crippen MR) is 85.0 cm³/mol. The molecule has 2 atom stereocenters. The van der Waals surface area contributed by atoms with E-state index in [-0.39, 0.29) is 11.9 Å². The molecule has 2 aliphatic heterocycles. The van der Waals surface area contributed by atoms with Crippen LogP contribution in [-0.2, 0) is 0 Å². The molecule has 4 rings (SSSR count). The van der Waals surface area contributed by atoms with Crippen LogP contribution in [0.2, 0.25) is 0 Å². The molecule has 2 aliphatic rings. The van der Waals surface area contributed by atoms with E-state index in [1.807, 2.05) is 0 Å². The fourth-order valence-corrected chi connectivity index (χ4v) is 3.70. The molecule has 23 heavy (non-hydrogen) atoms. The van der Waals surface area contributed by atoms with Crippen LogP contribution in [0.3, 0.4) is 0 Å². The summed E-state index contributed by atoms with van der Waals surface area (Å²) in [4.78, 5) is 16.8. The normalized spacial score (nSPS) is 26.0. The third-order valence-electron chi connectivity index (χ3n) is 4.97. The molecule has 122 valence electrons. The predicted octanol–water partition coefficient (Wildman–Crippen LogP) is 0.629. The van der Waals surface area contributed by atoms with Crippen LogP contribution in [-0.4, -0.2) is 74.5 Å². The van der Waals surface area contributed by atoms with E-state index in [0.717, 1.165) is 18.6 Å². The van der Waals surface area contributed by atoms with Crippen LogP contribution >= 0.6 is 0 Å². The smallest absolute Gasteiger partial charge is 0.254 e. The van der Waals surface area contributed by atoms with Gasteiger partial charge in [0.15, 0.2) is 0 Å². The summed E-state index contributed by atoms with van der Waals surface area (Å²) in [6.07, 6.45) is 3.16. The Morgan fingerprint density at radius 3 is 2.74 bits per heavy atom. The Labute approximate surface area is 134 Å². The highest BCUT2D eigenvalue weighted by Gasteiger charge is 2.38. The lowest BCUT2D eigenvalue weighted by Crippen LogP contribution is -2.46. The van der Waals surface area contributed by atoms with Gasteiger partial charge < -0.3 is 10.0 Å². The highest BCUT2D eigenvalue weighted by molar-refractivity contribution is 5.97. The zero-order chi connectivity index (χ0) is 15.8. The first-order valence-electron chi connectivity index (χ1n) is 8.24. The van der Waals surface area contributed by atoms with Crippen molar-refractivity contribution in [3.8, 4) is 0 Å². The van der Waals surface area contributed by atoms with E-state index in [0.29, 0.717) is 24.2 Å². The zero-order valence-corrected chi connectivity index (χ0v) is 13.0. The van der Waals surface area contributed by atoms with Crippen LogP contribution in [0.15, 0.2) is 18.2 Å². The maximum Gasteiger partial charge on any atom is 0.254 e. The number of hydrogen-bond acceptors (Lipinski definition) is 5. The summed E-state index contributed by atoms with van der Waals surface area (Å²) in [7, 11) is 0. The van der Waals surface area contributed by atoms with Crippen LogP contribution in [0.4, 0.5) is 0 Å². The van der Waals surface area contributed by atoms with E-state index in [2.05, 4.69) is 20.3 Å². The molecule has 0 aliphatic carbocycles. The molecule has 2 aromatic rings. The molecule has 0 saturated carbocycles. The number of β-amino-alcohol motifs (C(OH)–C–C–N with tert-alkyl or cyclic N) is 1. The van der Waals surface area contributed by atoms with Crippen molar-refractivity contribution >= 4 is 16.9 Å². The molecule has 0 bridgehead atoms. The molecule has 0 unspecified atom stereocenters. The number of carbonyl (C=O) groups is 1. The van der Waals surface area contributed by atoms with Gasteiger partial charge >= 0.3 is 0 Å². The molecule has 1 aromatic heterocycles. The van der Waals surface area contributed by atoms with E-state index in [9.17, 15) is 9.90 Å². The summed E-state index contributed by atoms with van der Waals surface area (Å²) in [6.45, 7) is 3.04. The van der Waals surface area contributed by atoms with Gasteiger partial charge in [-0.3, -0.25) is 9.69 Å². The Kier molecular flexibility index (Phi) is 3.74. The molecule has 3 heterocycles. The van der Waals surface area contributed by atoms with Crippen molar-refractivity contribution in [3.05, 3.63) is 23.8 Å². The number of nitrogens with zero attached hydrogens (tertiary/aromatic N) is 4. The van der Waals surface area contributed by atoms with Gasteiger partial charge in [0.2, 0.25) is 0 Å². The zero-order valence-electron chi connectivity index (χ0n) is 13.0. The van der Waals surface area contributed by atoms with Crippen LogP contribution in [0.1, 0.15) is 29.6 Å². The Bertz CT molecular complexity index is 709. The Balaban J connectivity index is 1.50. The molecule has 2 N–H and O–H groups in total. The highest BCUT2D eigenvalue weighted by atomic mass is 16.3. The van der Waals surface area contributed by atoms with E-state index >= 15 is 0 Å². The van der Waals surface area contributed by atoms with E-state index in [4.69, 9.17) is 0 Å². The van der Waals surface area contributed by atoms with Gasteiger partial charge in [0.05, 0.1) is 12.1 Å². The monoisotopic (exact) mass is 315 g/mol. The second-order valence-corrected chi connectivity index (χ2v) is 6.47. The number of nitrogens with one attached hydrogen (secondary N) is 1. The summed E-state index contributed by atoms with van der Waals surface area (Å²) in [5.41, 5.74) is 2.02. The molecular formula is C16H21N5O2. The molecule has 2 saturated heterocycles. The number of hydrogen-bond donors (Lipinski definition) is 2. The minimum absolute atomic E-state index is 0.0477. The van der Waals surface area contributed by atoms with Crippen LogP contribution in [0.5, 0.6) is 0 Å². The molecular weight excluding hydrogens is 294 g/mol. The number of aromatic amines is 1. The minimum atomic E-state index is -0.465. The lowest BCUT2D eigenvalue weighted by atomic mass is 10.1. The third kappa shape index (κ3) is 2.70. The summed E-state index contributed by atoms with van der Waals surface area (Å²) < 4.78 is 0. The number of likely N-dealkylation sites (tertiary alicyclic amines) is 2. The van der Waals surface area contributed by atoms with Crippen molar-refractivity contribution in [2.45, 2.75) is 31.4 Å². The van der Waals surface area contributed by atoms with Crippen molar-refractivity contribution in [2.75, 3.05) is 26.2 Å². The van der Waals surface area contributed by atoms with Crippen molar-refractivity contribution in [3.63, 3.8) is 0 Å². The summed E-state index contributed by atoms with van der Waals surface area (Å²) >= 11 is 0. The molecule has 2 fully saturated rings. The number of aromatic nitrogens is 3. The lowest BCUT2D eigenvalue weighted by Gasteiger charge is -2.33. The quantitative estimate of drug-likeness (QED) is 0.849. The van der Waals surface area contributed by atoms with Gasteiger partial charge in [-0.15, -0.1) is 0 Å². The number of benzene rings is 1. The summed E-state index contributed by atoms with van der Waals surface area (Å²) in [5, 5.41) is 21.0. The van der Waals surface area contributed by atoms with E-state index in [1.165, 1.54) is 19.3 Å². The number of rotatable bonds is 2. The molecule has 7 nitrogen and oxygen atoms in total. The average Bonchev–Trinajstić information content (AvgIpc) is 3.20. The topological polar surface area (TPSA) is 85.3 Å². The molecule has 1 aromatic carbocycles. The molecule has 7 heteroatoms. The number of piperidine rings is 1. The number of amides is 1. The van der Waals surface area contributed by atoms with Gasteiger partial charge in [0.25, 0.3) is 5.91 Å². The number of carbonyl (C=O) groups excluding carboxylic acids is 1. The Morgan fingerprint density at radius 1 is 1.13 bits per heavy atom. The Hall–Kier alpha value is -1.99. The number of H-pyrrole nitrogens is 1. The fraction of sp³-hybridized carbons (Fsp3) is 0.562. The minimum Gasteiger partial charge on any atom is -0.390 e. The van der Waals surface area contributed by atoms with E-state index < -0.39 is 6.10 Å². The van der Waals surface area contributed by atoms with Gasteiger partial charge in [-0.05, 0) is 44.1 Å². The largest absolute Gasteiger partial charge is 0.390 e. The van der Waals surface area contributed by atoms with Crippen molar-refractivity contribution in [1.29, 1.82) is 0 Å². The lowest BCUT2D eigenvalue weighted by molar-refractivity contribution is 0.0703. The third-order valence-corrected chi connectivity index (χ3v) is 4.97. The van der Waals surface area contributed by atoms with Crippen LogP contribution < -0.4 is 0 Å². The van der Waals surface area contributed by atoms with Crippen molar-refractivity contribution in [2.24, 2.45) is 0 Å². The number of fused-ring (bicyclic) bond motifs is 1. The molecule has 0 spiro atoms. The van der Waals surface area contributed by atoms with Gasteiger partial charge in [0, 0.05) is 18.7 Å². The van der Waals surface area contributed by atoms with Crippen molar-refractivity contribution in [1.82, 2.24) is 25.2 Å². The fourth-order valence-electron chi connectivity index (χ4n) is 3.70. The standard InChI is InChI=1S/C16H21N5O2/c22-15-10-21(9-14(15)20-6-2-1-3-7-20)16(23)11-4-5-12-13(8-11)18-19-17-12/h4-5,8,14-15,22H,1-3,6-7,9-10H2,(H,17,18,19)/t14-,15-/m1/s1. The molecule has 1 amide bonds. The van der Waals surface area contributed by atoms with E-state index in [1.54, 1.807) is 23.1 Å². The number of aliphatic hydroxyl groups is 1. The van der Waals surface area contributed by atoms with Crippen LogP contribution in [0, 0.1) is 0 Å².